The lowest BCUT2D eigenvalue weighted by Gasteiger charge is -2.32. The first-order valence-corrected chi connectivity index (χ1v) is 12.5. The zero-order chi connectivity index (χ0) is 22.6. The SMILES string of the molecule is CCSc1ccc(C(=O)Nc2ccc(S(=O)(=O)N3CCCC[C@@H]3C)cc2)cc1[N+](=O)[O-]. The molecule has 1 amide bonds. The highest BCUT2D eigenvalue weighted by Gasteiger charge is 2.30. The summed E-state index contributed by atoms with van der Waals surface area (Å²) in [7, 11) is -3.59. The van der Waals surface area contributed by atoms with E-state index in [2.05, 4.69) is 5.32 Å². The van der Waals surface area contributed by atoms with E-state index in [4.69, 9.17) is 0 Å². The van der Waals surface area contributed by atoms with Crippen LogP contribution in [0.5, 0.6) is 0 Å². The number of carbonyl (C=O) groups is 1. The van der Waals surface area contributed by atoms with Crippen LogP contribution in [0.15, 0.2) is 52.3 Å². The maximum atomic E-state index is 12.9. The smallest absolute Gasteiger partial charge is 0.283 e. The molecule has 0 spiro atoms. The lowest BCUT2D eigenvalue weighted by molar-refractivity contribution is -0.387. The largest absolute Gasteiger partial charge is 0.322 e. The Balaban J connectivity index is 1.76. The number of sulfonamides is 1. The topological polar surface area (TPSA) is 110 Å². The highest BCUT2D eigenvalue weighted by atomic mass is 32.2. The van der Waals surface area contributed by atoms with Gasteiger partial charge in [-0.1, -0.05) is 13.3 Å². The van der Waals surface area contributed by atoms with E-state index in [0.29, 0.717) is 22.9 Å². The molecule has 31 heavy (non-hydrogen) atoms. The number of hydrogen-bond acceptors (Lipinski definition) is 6. The summed E-state index contributed by atoms with van der Waals surface area (Å²) in [5.74, 6) is 0.175. The van der Waals surface area contributed by atoms with E-state index in [1.165, 1.54) is 52.5 Å². The van der Waals surface area contributed by atoms with E-state index in [-0.39, 0.29) is 22.2 Å². The molecule has 166 valence electrons. The number of rotatable bonds is 7. The lowest BCUT2D eigenvalue weighted by atomic mass is 10.1. The van der Waals surface area contributed by atoms with Crippen molar-refractivity contribution < 1.29 is 18.1 Å². The Morgan fingerprint density at radius 2 is 1.94 bits per heavy atom. The summed E-state index contributed by atoms with van der Waals surface area (Å²) in [6.45, 7) is 4.31. The standard InChI is InChI=1S/C21H25N3O5S2/c1-3-30-20-12-7-16(14-19(20)24(26)27)21(25)22-17-8-10-18(11-9-17)31(28,29)23-13-5-4-6-15(23)2/h7-12,14-15H,3-6,13H2,1-2H3,(H,22,25)/t15-/m0/s1. The van der Waals surface area contributed by atoms with Crippen LogP contribution in [0.1, 0.15) is 43.5 Å². The number of nitrogens with zero attached hydrogens (tertiary/aromatic N) is 2. The molecule has 0 radical (unpaired) electrons. The van der Waals surface area contributed by atoms with Gasteiger partial charge in [0.1, 0.15) is 0 Å². The summed E-state index contributed by atoms with van der Waals surface area (Å²) in [6, 6.07) is 10.3. The first-order valence-electron chi connectivity index (χ1n) is 10.1. The summed E-state index contributed by atoms with van der Waals surface area (Å²) in [4.78, 5) is 24.1. The number of piperidine rings is 1. The fourth-order valence-corrected chi connectivity index (χ4v) is 6.01. The van der Waals surface area contributed by atoms with Crippen molar-refractivity contribution in [3.63, 3.8) is 0 Å². The average Bonchev–Trinajstić information content (AvgIpc) is 2.74. The van der Waals surface area contributed by atoms with Gasteiger partial charge in [0.15, 0.2) is 0 Å². The molecule has 1 heterocycles. The molecule has 1 atom stereocenters. The molecule has 8 nitrogen and oxygen atoms in total. The third kappa shape index (κ3) is 5.25. The number of nitro groups is 1. The second-order valence-corrected chi connectivity index (χ2v) is 10.5. The molecule has 0 unspecified atom stereocenters. The number of amides is 1. The molecule has 0 bridgehead atoms. The second kappa shape index (κ2) is 9.80. The molecule has 1 N–H and O–H groups in total. The van der Waals surface area contributed by atoms with Crippen LogP contribution in [-0.2, 0) is 10.0 Å². The summed E-state index contributed by atoms with van der Waals surface area (Å²) >= 11 is 1.34. The fraction of sp³-hybridized carbons (Fsp3) is 0.381. The summed E-state index contributed by atoms with van der Waals surface area (Å²) in [6.07, 6.45) is 2.71. The van der Waals surface area contributed by atoms with Gasteiger partial charge in [-0.2, -0.15) is 4.31 Å². The number of nitrogens with one attached hydrogen (secondary N) is 1. The monoisotopic (exact) mass is 463 g/mol. The van der Waals surface area contributed by atoms with Crippen molar-refractivity contribution in [1.82, 2.24) is 4.31 Å². The molecule has 1 aliphatic rings. The van der Waals surface area contributed by atoms with Crippen LogP contribution in [0.3, 0.4) is 0 Å². The Kier molecular flexibility index (Phi) is 7.34. The van der Waals surface area contributed by atoms with Crippen LogP contribution in [0.4, 0.5) is 11.4 Å². The van der Waals surface area contributed by atoms with Crippen molar-refractivity contribution in [2.75, 3.05) is 17.6 Å². The molecule has 1 aliphatic heterocycles. The summed E-state index contributed by atoms with van der Waals surface area (Å²) in [5, 5.41) is 14.0. The van der Waals surface area contributed by atoms with E-state index in [1.807, 2.05) is 13.8 Å². The molecule has 0 aliphatic carbocycles. The molecular formula is C21H25N3O5S2. The first kappa shape index (κ1) is 23.2. The normalized spacial score (nSPS) is 17.3. The lowest BCUT2D eigenvalue weighted by Crippen LogP contribution is -2.41. The molecule has 10 heteroatoms. The number of hydrogen-bond donors (Lipinski definition) is 1. The minimum absolute atomic E-state index is 0.0391. The molecule has 2 aromatic rings. The van der Waals surface area contributed by atoms with E-state index >= 15 is 0 Å². The van der Waals surface area contributed by atoms with Crippen LogP contribution in [0, 0.1) is 10.1 Å². The Labute approximate surface area is 186 Å². The summed E-state index contributed by atoms with van der Waals surface area (Å²) in [5.41, 5.74) is 0.452. The van der Waals surface area contributed by atoms with E-state index in [9.17, 15) is 23.3 Å². The van der Waals surface area contributed by atoms with Crippen LogP contribution >= 0.6 is 11.8 Å². The Morgan fingerprint density at radius 1 is 1.23 bits per heavy atom. The zero-order valence-corrected chi connectivity index (χ0v) is 19.0. The van der Waals surface area contributed by atoms with Gasteiger partial charge in [-0.3, -0.25) is 14.9 Å². The highest BCUT2D eigenvalue weighted by Crippen LogP contribution is 2.30. The maximum Gasteiger partial charge on any atom is 0.283 e. The third-order valence-electron chi connectivity index (χ3n) is 5.18. The van der Waals surface area contributed by atoms with Gasteiger partial charge < -0.3 is 5.32 Å². The average molecular weight is 464 g/mol. The molecule has 0 aromatic heterocycles. The van der Waals surface area contributed by atoms with Crippen LogP contribution in [-0.4, -0.2) is 41.9 Å². The minimum atomic E-state index is -3.59. The van der Waals surface area contributed by atoms with Crippen molar-refractivity contribution in [2.45, 2.75) is 48.9 Å². The van der Waals surface area contributed by atoms with E-state index in [0.717, 1.165) is 19.3 Å². The minimum Gasteiger partial charge on any atom is -0.322 e. The number of thioether (sulfide) groups is 1. The Bertz CT molecular complexity index is 1070. The zero-order valence-electron chi connectivity index (χ0n) is 17.4. The van der Waals surface area contributed by atoms with Gasteiger partial charge >= 0.3 is 0 Å². The van der Waals surface area contributed by atoms with Gasteiger partial charge in [0, 0.05) is 29.9 Å². The van der Waals surface area contributed by atoms with Crippen LogP contribution in [0.2, 0.25) is 0 Å². The van der Waals surface area contributed by atoms with Crippen molar-refractivity contribution in [3.8, 4) is 0 Å². The maximum absolute atomic E-state index is 12.9. The number of carbonyl (C=O) groups excluding carboxylic acids is 1. The number of nitro benzene ring substituents is 1. The predicted molar refractivity (Wildman–Crippen MR) is 121 cm³/mol. The molecule has 1 saturated heterocycles. The third-order valence-corrected chi connectivity index (χ3v) is 8.15. The number of anilines is 1. The van der Waals surface area contributed by atoms with Crippen LogP contribution in [0.25, 0.3) is 0 Å². The summed E-state index contributed by atoms with van der Waals surface area (Å²) < 4.78 is 27.4. The predicted octanol–water partition coefficient (Wildman–Crippen LogP) is 4.52. The molecule has 0 saturated carbocycles. The van der Waals surface area contributed by atoms with Gasteiger partial charge in [0.05, 0.1) is 14.7 Å². The second-order valence-electron chi connectivity index (χ2n) is 7.31. The number of benzene rings is 2. The van der Waals surface area contributed by atoms with Gasteiger partial charge in [-0.25, -0.2) is 8.42 Å². The van der Waals surface area contributed by atoms with Crippen LogP contribution < -0.4 is 5.32 Å². The Hall–Kier alpha value is -2.43. The van der Waals surface area contributed by atoms with Gasteiger partial charge in [0.25, 0.3) is 11.6 Å². The molecule has 1 fully saturated rings. The van der Waals surface area contributed by atoms with Crippen molar-refractivity contribution in [1.29, 1.82) is 0 Å². The Morgan fingerprint density at radius 3 is 2.55 bits per heavy atom. The highest BCUT2D eigenvalue weighted by molar-refractivity contribution is 7.99. The van der Waals surface area contributed by atoms with Gasteiger partial charge in [-0.05, 0) is 61.9 Å². The van der Waals surface area contributed by atoms with Crippen molar-refractivity contribution in [2.24, 2.45) is 0 Å². The quantitative estimate of drug-likeness (QED) is 0.367. The van der Waals surface area contributed by atoms with Gasteiger partial charge in [-0.15, -0.1) is 11.8 Å². The molecule has 2 aromatic carbocycles. The first-order chi connectivity index (χ1) is 14.7. The molecular weight excluding hydrogens is 438 g/mol. The molecule has 3 rings (SSSR count). The van der Waals surface area contributed by atoms with Crippen molar-refractivity contribution >= 4 is 39.1 Å². The van der Waals surface area contributed by atoms with Gasteiger partial charge in [0.2, 0.25) is 10.0 Å². The fourth-order valence-electron chi connectivity index (χ4n) is 3.56. The van der Waals surface area contributed by atoms with E-state index in [1.54, 1.807) is 6.07 Å². The van der Waals surface area contributed by atoms with E-state index < -0.39 is 20.9 Å². The van der Waals surface area contributed by atoms with Crippen molar-refractivity contribution in [3.05, 3.63) is 58.1 Å².